The van der Waals surface area contributed by atoms with Crippen LogP contribution in [0.2, 0.25) is 0 Å². The second kappa shape index (κ2) is 6.41. The highest BCUT2D eigenvalue weighted by Gasteiger charge is 2.48. The molecule has 3 atom stereocenters. The second-order valence-electron chi connectivity index (χ2n) is 5.39. The molecular formula is C13H19BrO6. The average molecular weight is 351 g/mol. The summed E-state index contributed by atoms with van der Waals surface area (Å²) in [6, 6.07) is 0. The number of esters is 2. The molecule has 2 rings (SSSR count). The Bertz CT molecular complexity index is 383. The molecule has 20 heavy (non-hydrogen) atoms. The standard InChI is InChI=1S/C13H19BrO6/c1-13(2)19-9-5-3-4-8(12(9)20-13)18-11(16)7-17-10(15)6-14/h8-9,12H,3-7H2,1-2H3/t8-,9-,12+/m1/s1. The first-order valence-corrected chi connectivity index (χ1v) is 7.80. The van der Waals surface area contributed by atoms with E-state index in [1.54, 1.807) is 0 Å². The molecule has 2 aliphatic rings. The summed E-state index contributed by atoms with van der Waals surface area (Å²) in [7, 11) is 0. The molecule has 1 aliphatic carbocycles. The highest BCUT2D eigenvalue weighted by atomic mass is 79.9. The summed E-state index contributed by atoms with van der Waals surface area (Å²) in [6.45, 7) is 3.33. The number of hydrogen-bond donors (Lipinski definition) is 0. The maximum absolute atomic E-state index is 11.7. The fourth-order valence-electron chi connectivity index (χ4n) is 2.59. The van der Waals surface area contributed by atoms with E-state index in [1.165, 1.54) is 0 Å². The number of carbonyl (C=O) groups excluding carboxylic acids is 2. The Morgan fingerprint density at radius 2 is 2.00 bits per heavy atom. The molecule has 0 unspecified atom stereocenters. The van der Waals surface area contributed by atoms with Gasteiger partial charge in [-0.15, -0.1) is 0 Å². The number of carbonyl (C=O) groups is 2. The molecule has 0 aromatic rings. The predicted molar refractivity (Wildman–Crippen MR) is 72.3 cm³/mol. The van der Waals surface area contributed by atoms with Gasteiger partial charge < -0.3 is 18.9 Å². The number of halogens is 1. The summed E-state index contributed by atoms with van der Waals surface area (Å²) in [5.74, 6) is -1.70. The zero-order valence-electron chi connectivity index (χ0n) is 11.6. The lowest BCUT2D eigenvalue weighted by Gasteiger charge is -2.30. The van der Waals surface area contributed by atoms with E-state index in [1.807, 2.05) is 13.8 Å². The number of fused-ring (bicyclic) bond motifs is 1. The lowest BCUT2D eigenvalue weighted by Crippen LogP contribution is -2.42. The molecule has 1 heterocycles. The fourth-order valence-corrected chi connectivity index (χ4v) is 2.75. The van der Waals surface area contributed by atoms with Gasteiger partial charge in [0, 0.05) is 0 Å². The van der Waals surface area contributed by atoms with E-state index < -0.39 is 17.7 Å². The molecule has 0 bridgehead atoms. The molecule has 1 saturated heterocycles. The van der Waals surface area contributed by atoms with Gasteiger partial charge in [-0.3, -0.25) is 4.79 Å². The molecule has 1 aliphatic heterocycles. The van der Waals surface area contributed by atoms with Crippen LogP contribution >= 0.6 is 15.9 Å². The van der Waals surface area contributed by atoms with Crippen molar-refractivity contribution in [3.05, 3.63) is 0 Å². The monoisotopic (exact) mass is 350 g/mol. The Hall–Kier alpha value is -0.660. The highest BCUT2D eigenvalue weighted by Crippen LogP contribution is 2.37. The van der Waals surface area contributed by atoms with Crippen LogP contribution in [0, 0.1) is 0 Å². The van der Waals surface area contributed by atoms with Gasteiger partial charge in [0.1, 0.15) is 17.5 Å². The smallest absolute Gasteiger partial charge is 0.344 e. The summed E-state index contributed by atoms with van der Waals surface area (Å²) < 4.78 is 21.6. The molecule has 6 nitrogen and oxygen atoms in total. The van der Waals surface area contributed by atoms with Crippen LogP contribution in [0.3, 0.4) is 0 Å². The van der Waals surface area contributed by atoms with Crippen LogP contribution in [0.4, 0.5) is 0 Å². The minimum Gasteiger partial charge on any atom is -0.457 e. The minimum atomic E-state index is -0.646. The Kier molecular flexibility index (Phi) is 5.04. The quantitative estimate of drug-likeness (QED) is 0.565. The van der Waals surface area contributed by atoms with Crippen LogP contribution in [-0.4, -0.2) is 48.0 Å². The van der Waals surface area contributed by atoms with Crippen LogP contribution in [0.5, 0.6) is 0 Å². The topological polar surface area (TPSA) is 71.1 Å². The molecule has 0 aromatic carbocycles. The van der Waals surface area contributed by atoms with Crippen molar-refractivity contribution < 1.29 is 28.5 Å². The first kappa shape index (κ1) is 15.7. The number of ether oxygens (including phenoxy) is 4. The van der Waals surface area contributed by atoms with E-state index in [4.69, 9.17) is 18.9 Å². The maximum atomic E-state index is 11.7. The Labute approximate surface area is 126 Å². The zero-order valence-corrected chi connectivity index (χ0v) is 13.2. The van der Waals surface area contributed by atoms with Crippen LogP contribution in [0.25, 0.3) is 0 Å². The van der Waals surface area contributed by atoms with Crippen molar-refractivity contribution >= 4 is 27.9 Å². The molecule has 7 heteroatoms. The van der Waals surface area contributed by atoms with Gasteiger partial charge in [0.15, 0.2) is 12.4 Å². The second-order valence-corrected chi connectivity index (χ2v) is 5.95. The highest BCUT2D eigenvalue weighted by molar-refractivity contribution is 9.09. The first-order chi connectivity index (χ1) is 9.41. The van der Waals surface area contributed by atoms with Crippen molar-refractivity contribution in [3.8, 4) is 0 Å². The molecule has 0 amide bonds. The number of rotatable bonds is 4. The van der Waals surface area contributed by atoms with Gasteiger partial charge in [0.25, 0.3) is 0 Å². The Balaban J connectivity index is 1.85. The van der Waals surface area contributed by atoms with Gasteiger partial charge in [-0.25, -0.2) is 4.79 Å². The maximum Gasteiger partial charge on any atom is 0.344 e. The van der Waals surface area contributed by atoms with Crippen LogP contribution < -0.4 is 0 Å². The van der Waals surface area contributed by atoms with Gasteiger partial charge in [-0.1, -0.05) is 15.9 Å². The van der Waals surface area contributed by atoms with Crippen LogP contribution in [0.15, 0.2) is 0 Å². The summed E-state index contributed by atoms with van der Waals surface area (Å²) >= 11 is 2.95. The minimum absolute atomic E-state index is 0.0401. The lowest BCUT2D eigenvalue weighted by atomic mass is 9.92. The van der Waals surface area contributed by atoms with E-state index in [2.05, 4.69) is 15.9 Å². The van der Waals surface area contributed by atoms with Gasteiger partial charge >= 0.3 is 11.9 Å². The molecule has 2 fully saturated rings. The summed E-state index contributed by atoms with van der Waals surface area (Å²) in [6.07, 6.45) is 1.93. The third kappa shape index (κ3) is 3.93. The van der Waals surface area contributed by atoms with Crippen molar-refractivity contribution in [1.82, 2.24) is 0 Å². The van der Waals surface area contributed by atoms with E-state index >= 15 is 0 Å². The van der Waals surface area contributed by atoms with Crippen LogP contribution in [0.1, 0.15) is 33.1 Å². The molecule has 114 valence electrons. The van der Waals surface area contributed by atoms with Crippen molar-refractivity contribution in [3.63, 3.8) is 0 Å². The summed E-state index contributed by atoms with van der Waals surface area (Å²) in [4.78, 5) is 22.6. The van der Waals surface area contributed by atoms with Crippen molar-refractivity contribution in [1.29, 1.82) is 0 Å². The SMILES string of the molecule is CC1(C)O[C@H]2[C@H](OC(=O)COC(=O)CBr)CCC[C@H]2O1. The number of hydrogen-bond acceptors (Lipinski definition) is 6. The van der Waals surface area contributed by atoms with E-state index in [0.29, 0.717) is 0 Å². The lowest BCUT2D eigenvalue weighted by molar-refractivity contribution is -0.175. The Morgan fingerprint density at radius 3 is 2.70 bits per heavy atom. The van der Waals surface area contributed by atoms with Gasteiger partial charge in [0.2, 0.25) is 0 Å². The van der Waals surface area contributed by atoms with Crippen molar-refractivity contribution in [2.45, 2.75) is 57.2 Å². The Morgan fingerprint density at radius 1 is 1.25 bits per heavy atom. The summed E-state index contributed by atoms with van der Waals surface area (Å²) in [5.41, 5.74) is 0. The third-order valence-corrected chi connectivity index (χ3v) is 3.77. The van der Waals surface area contributed by atoms with Crippen molar-refractivity contribution in [2.75, 3.05) is 11.9 Å². The summed E-state index contributed by atoms with van der Waals surface area (Å²) in [5, 5.41) is 0.0551. The largest absolute Gasteiger partial charge is 0.457 e. The molecule has 0 radical (unpaired) electrons. The predicted octanol–water partition coefficient (Wildman–Crippen LogP) is 1.54. The number of alkyl halides is 1. The molecule has 1 saturated carbocycles. The molecule has 0 N–H and O–H groups in total. The third-order valence-electron chi connectivity index (χ3n) is 3.31. The van der Waals surface area contributed by atoms with Gasteiger partial charge in [-0.05, 0) is 33.1 Å². The van der Waals surface area contributed by atoms with Crippen LogP contribution in [-0.2, 0) is 28.5 Å². The van der Waals surface area contributed by atoms with Gasteiger partial charge in [-0.2, -0.15) is 0 Å². The van der Waals surface area contributed by atoms with Gasteiger partial charge in [0.05, 0.1) is 6.10 Å². The van der Waals surface area contributed by atoms with E-state index in [0.717, 1.165) is 19.3 Å². The molecule has 0 spiro atoms. The fraction of sp³-hybridized carbons (Fsp3) is 0.846. The van der Waals surface area contributed by atoms with E-state index in [-0.39, 0.29) is 30.2 Å². The first-order valence-electron chi connectivity index (χ1n) is 6.68. The average Bonchev–Trinajstić information content (AvgIpc) is 2.71. The molecular weight excluding hydrogens is 332 g/mol. The molecule has 0 aromatic heterocycles. The zero-order chi connectivity index (χ0) is 14.8. The normalized spacial score (nSPS) is 31.4. The van der Waals surface area contributed by atoms with Crippen molar-refractivity contribution in [2.24, 2.45) is 0 Å². The van der Waals surface area contributed by atoms with E-state index in [9.17, 15) is 9.59 Å².